The van der Waals surface area contributed by atoms with Gasteiger partial charge in [0.1, 0.15) is 0 Å². The summed E-state index contributed by atoms with van der Waals surface area (Å²) in [5.41, 5.74) is 0.237. The number of halogens is 1. The van der Waals surface area contributed by atoms with Crippen LogP contribution in [0.15, 0.2) is 0 Å². The van der Waals surface area contributed by atoms with Gasteiger partial charge in [-0.3, -0.25) is 0 Å². The van der Waals surface area contributed by atoms with Crippen molar-refractivity contribution in [2.24, 2.45) is 0 Å². The van der Waals surface area contributed by atoms with Crippen LogP contribution >= 0.6 is 22.6 Å². The van der Waals surface area contributed by atoms with Gasteiger partial charge in [0.25, 0.3) is 0 Å². The topological polar surface area (TPSA) is 36.1 Å². The van der Waals surface area contributed by atoms with Gasteiger partial charge in [0, 0.05) is 29.1 Å². The van der Waals surface area contributed by atoms with Crippen molar-refractivity contribution in [1.82, 2.24) is 16.0 Å². The summed E-state index contributed by atoms with van der Waals surface area (Å²) in [6.07, 6.45) is 1.20. The molecule has 0 aliphatic heterocycles. The molecule has 1 atom stereocenters. The zero-order valence-electron chi connectivity index (χ0n) is 10.5. The van der Waals surface area contributed by atoms with Crippen LogP contribution in [0.3, 0.4) is 0 Å². The zero-order valence-corrected chi connectivity index (χ0v) is 12.6. The van der Waals surface area contributed by atoms with Crippen molar-refractivity contribution >= 4 is 22.6 Å². The summed E-state index contributed by atoms with van der Waals surface area (Å²) in [5.74, 6) is 0. The molecular formula is C11H26IN3. The third-order valence-electron chi connectivity index (χ3n) is 2.14. The Bertz CT molecular complexity index is 145. The molecular weight excluding hydrogens is 301 g/mol. The molecule has 0 fully saturated rings. The molecule has 3 nitrogen and oxygen atoms in total. The molecule has 0 radical (unpaired) electrons. The molecule has 0 saturated carbocycles. The third kappa shape index (κ3) is 10.9. The van der Waals surface area contributed by atoms with Gasteiger partial charge in [-0.25, -0.2) is 0 Å². The lowest BCUT2D eigenvalue weighted by Crippen LogP contribution is -2.41. The van der Waals surface area contributed by atoms with Gasteiger partial charge in [-0.2, -0.15) is 0 Å². The molecule has 15 heavy (non-hydrogen) atoms. The van der Waals surface area contributed by atoms with E-state index in [1.54, 1.807) is 0 Å². The monoisotopic (exact) mass is 327 g/mol. The summed E-state index contributed by atoms with van der Waals surface area (Å²) in [5, 5.41) is 10.2. The van der Waals surface area contributed by atoms with Gasteiger partial charge < -0.3 is 16.0 Å². The molecule has 0 aliphatic carbocycles. The highest BCUT2D eigenvalue weighted by Gasteiger charge is 2.10. The molecule has 0 aromatic heterocycles. The Hall–Kier alpha value is 0.610. The van der Waals surface area contributed by atoms with Crippen LogP contribution in [0.1, 0.15) is 27.2 Å². The van der Waals surface area contributed by atoms with Crippen molar-refractivity contribution in [1.29, 1.82) is 0 Å². The van der Waals surface area contributed by atoms with Crippen molar-refractivity contribution in [3.05, 3.63) is 0 Å². The first-order chi connectivity index (χ1) is 6.99. The Morgan fingerprint density at radius 2 is 1.80 bits per heavy atom. The highest BCUT2D eigenvalue weighted by molar-refractivity contribution is 14.1. The second-order valence-corrected chi connectivity index (χ2v) is 5.76. The van der Waals surface area contributed by atoms with Crippen LogP contribution in [-0.4, -0.2) is 42.7 Å². The van der Waals surface area contributed by atoms with Gasteiger partial charge >= 0.3 is 0 Å². The van der Waals surface area contributed by atoms with Crippen molar-refractivity contribution in [3.63, 3.8) is 0 Å². The zero-order chi connectivity index (χ0) is 11.7. The largest absolute Gasteiger partial charge is 0.318 e. The average molecular weight is 327 g/mol. The van der Waals surface area contributed by atoms with E-state index in [2.05, 4.69) is 59.3 Å². The molecule has 4 heteroatoms. The van der Waals surface area contributed by atoms with E-state index < -0.39 is 0 Å². The Labute approximate surface area is 108 Å². The Balaban J connectivity index is 3.52. The fourth-order valence-electron chi connectivity index (χ4n) is 1.26. The van der Waals surface area contributed by atoms with E-state index in [1.807, 2.05) is 7.05 Å². The van der Waals surface area contributed by atoms with Crippen LogP contribution in [0.4, 0.5) is 0 Å². The van der Waals surface area contributed by atoms with Crippen LogP contribution < -0.4 is 16.0 Å². The highest BCUT2D eigenvalue weighted by atomic mass is 127. The van der Waals surface area contributed by atoms with Crippen molar-refractivity contribution in [3.8, 4) is 0 Å². The maximum Gasteiger partial charge on any atom is 0.0169 e. The van der Waals surface area contributed by atoms with Gasteiger partial charge in [-0.15, -0.1) is 0 Å². The smallest absolute Gasteiger partial charge is 0.0169 e. The van der Waals surface area contributed by atoms with Crippen LogP contribution in [0, 0.1) is 0 Å². The minimum absolute atomic E-state index is 0.237. The molecule has 92 valence electrons. The van der Waals surface area contributed by atoms with E-state index in [0.717, 1.165) is 19.6 Å². The van der Waals surface area contributed by atoms with Crippen molar-refractivity contribution in [2.75, 3.05) is 31.1 Å². The number of likely N-dealkylation sites (N-methyl/N-ethyl adjacent to an activating group) is 1. The van der Waals surface area contributed by atoms with Gasteiger partial charge in [-0.1, -0.05) is 22.6 Å². The summed E-state index contributed by atoms with van der Waals surface area (Å²) in [6.45, 7) is 9.81. The molecule has 0 aliphatic rings. The van der Waals surface area contributed by atoms with Gasteiger partial charge in [-0.05, 0) is 40.8 Å². The predicted octanol–water partition coefficient (Wildman–Crippen LogP) is 1.38. The van der Waals surface area contributed by atoms with Gasteiger partial charge in [0.05, 0.1) is 0 Å². The SMILES string of the molecule is CNCCNC(CI)CCNC(C)(C)C. The molecule has 0 spiro atoms. The van der Waals surface area contributed by atoms with E-state index in [-0.39, 0.29) is 5.54 Å². The lowest BCUT2D eigenvalue weighted by molar-refractivity contribution is 0.400. The average Bonchev–Trinajstić information content (AvgIpc) is 2.14. The molecule has 0 aromatic rings. The number of nitrogens with one attached hydrogen (secondary N) is 3. The van der Waals surface area contributed by atoms with Crippen molar-refractivity contribution < 1.29 is 0 Å². The fraction of sp³-hybridized carbons (Fsp3) is 1.00. The minimum atomic E-state index is 0.237. The fourth-order valence-corrected chi connectivity index (χ4v) is 2.01. The number of hydrogen-bond donors (Lipinski definition) is 3. The first kappa shape index (κ1) is 15.6. The van der Waals surface area contributed by atoms with Crippen LogP contribution in [-0.2, 0) is 0 Å². The van der Waals surface area contributed by atoms with E-state index in [4.69, 9.17) is 0 Å². The Morgan fingerprint density at radius 1 is 1.13 bits per heavy atom. The number of rotatable bonds is 8. The summed E-state index contributed by atoms with van der Waals surface area (Å²) in [4.78, 5) is 0. The molecule has 3 N–H and O–H groups in total. The lowest BCUT2D eigenvalue weighted by Gasteiger charge is -2.23. The predicted molar refractivity (Wildman–Crippen MR) is 77.0 cm³/mol. The molecule has 0 rings (SSSR count). The number of alkyl halides is 1. The first-order valence-electron chi connectivity index (χ1n) is 5.68. The minimum Gasteiger partial charge on any atom is -0.318 e. The lowest BCUT2D eigenvalue weighted by atomic mass is 10.1. The van der Waals surface area contributed by atoms with Gasteiger partial charge in [0.15, 0.2) is 0 Å². The quantitative estimate of drug-likeness (QED) is 0.358. The van der Waals surface area contributed by atoms with Crippen molar-refractivity contribution in [2.45, 2.75) is 38.8 Å². The summed E-state index contributed by atoms with van der Waals surface area (Å²) < 4.78 is 1.17. The molecule has 0 amide bonds. The summed E-state index contributed by atoms with van der Waals surface area (Å²) in [6, 6.07) is 0.633. The van der Waals surface area contributed by atoms with E-state index in [0.29, 0.717) is 6.04 Å². The van der Waals surface area contributed by atoms with Crippen LogP contribution in [0.2, 0.25) is 0 Å². The third-order valence-corrected chi connectivity index (χ3v) is 3.21. The molecule has 0 saturated heterocycles. The second kappa shape index (κ2) is 8.73. The van der Waals surface area contributed by atoms with Gasteiger partial charge in [0.2, 0.25) is 0 Å². The van der Waals surface area contributed by atoms with E-state index >= 15 is 0 Å². The molecule has 0 heterocycles. The van der Waals surface area contributed by atoms with Crippen LogP contribution in [0.5, 0.6) is 0 Å². The Kier molecular flexibility index (Phi) is 9.08. The highest BCUT2D eigenvalue weighted by Crippen LogP contribution is 2.01. The summed E-state index contributed by atoms with van der Waals surface area (Å²) in [7, 11) is 1.99. The van der Waals surface area contributed by atoms with E-state index in [9.17, 15) is 0 Å². The summed E-state index contributed by atoms with van der Waals surface area (Å²) >= 11 is 2.45. The second-order valence-electron chi connectivity index (χ2n) is 4.87. The number of hydrogen-bond acceptors (Lipinski definition) is 3. The standard InChI is InChI=1S/C11H26IN3/c1-11(2,3)15-6-5-10(9-12)14-8-7-13-4/h10,13-15H,5-9H2,1-4H3. The molecule has 0 aromatic carbocycles. The first-order valence-corrected chi connectivity index (χ1v) is 7.21. The normalized spacial score (nSPS) is 14.2. The maximum atomic E-state index is 3.55. The van der Waals surface area contributed by atoms with E-state index in [1.165, 1.54) is 10.8 Å². The molecule has 1 unspecified atom stereocenters. The maximum absolute atomic E-state index is 3.55. The molecule has 0 bridgehead atoms. The Morgan fingerprint density at radius 3 is 2.27 bits per heavy atom. The van der Waals surface area contributed by atoms with Crippen LogP contribution in [0.25, 0.3) is 0 Å².